The van der Waals surface area contributed by atoms with E-state index in [1.807, 2.05) is 0 Å². The van der Waals surface area contributed by atoms with Crippen molar-refractivity contribution < 1.29 is 13.7 Å². The number of pyridine rings is 1. The molecule has 0 spiro atoms. The van der Waals surface area contributed by atoms with E-state index in [0.29, 0.717) is 6.61 Å². The standard InChI is InChI=1S/C28H24NO2/c1-18-9-12-24-23-7-5-6-22(20-10-11-21-17-30-15-13-19(21)16-20)27(23)31-28(24)26(18)25-8-3-4-14-29(25)2/h3-12,14,16H,13,15,17H2,1-2H3/q+1. The fourth-order valence-electron chi connectivity index (χ4n) is 4.82. The van der Waals surface area contributed by atoms with Gasteiger partial charge in [-0.3, -0.25) is 0 Å². The van der Waals surface area contributed by atoms with Gasteiger partial charge in [-0.1, -0.05) is 48.5 Å². The van der Waals surface area contributed by atoms with Gasteiger partial charge in [0.2, 0.25) is 5.69 Å². The van der Waals surface area contributed by atoms with E-state index in [4.69, 9.17) is 9.15 Å². The highest BCUT2D eigenvalue weighted by molar-refractivity contribution is 6.13. The molecule has 0 N–H and O–H groups in total. The lowest BCUT2D eigenvalue weighted by Gasteiger charge is -2.17. The molecule has 3 aromatic carbocycles. The third-order valence-corrected chi connectivity index (χ3v) is 6.48. The molecule has 31 heavy (non-hydrogen) atoms. The van der Waals surface area contributed by atoms with E-state index in [-0.39, 0.29) is 0 Å². The first-order valence-corrected chi connectivity index (χ1v) is 10.8. The highest BCUT2D eigenvalue weighted by Gasteiger charge is 2.21. The van der Waals surface area contributed by atoms with Gasteiger partial charge >= 0.3 is 0 Å². The van der Waals surface area contributed by atoms with Gasteiger partial charge in [0.1, 0.15) is 18.2 Å². The smallest absolute Gasteiger partial charge is 0.216 e. The minimum absolute atomic E-state index is 0.710. The summed E-state index contributed by atoms with van der Waals surface area (Å²) in [6.07, 6.45) is 3.05. The van der Waals surface area contributed by atoms with Gasteiger partial charge in [-0.15, -0.1) is 0 Å². The molecule has 6 rings (SSSR count). The molecular formula is C28H24NO2+. The highest BCUT2D eigenvalue weighted by Crippen LogP contribution is 2.40. The molecular weight excluding hydrogens is 382 g/mol. The Kier molecular flexibility index (Phi) is 4.18. The molecule has 0 fully saturated rings. The van der Waals surface area contributed by atoms with Gasteiger partial charge in [0, 0.05) is 28.5 Å². The lowest BCUT2D eigenvalue weighted by atomic mass is 9.95. The molecule has 0 atom stereocenters. The van der Waals surface area contributed by atoms with Crippen molar-refractivity contribution in [3.8, 4) is 22.4 Å². The van der Waals surface area contributed by atoms with Crippen LogP contribution in [0.5, 0.6) is 0 Å². The van der Waals surface area contributed by atoms with Crippen LogP contribution < -0.4 is 4.57 Å². The molecule has 0 saturated heterocycles. The molecule has 3 nitrogen and oxygen atoms in total. The minimum Gasteiger partial charge on any atom is -0.454 e. The van der Waals surface area contributed by atoms with Crippen LogP contribution in [0.1, 0.15) is 16.7 Å². The first-order valence-electron chi connectivity index (χ1n) is 10.8. The summed E-state index contributed by atoms with van der Waals surface area (Å²) >= 11 is 0. The van der Waals surface area contributed by atoms with Crippen LogP contribution in [0.4, 0.5) is 0 Å². The molecule has 0 aliphatic carbocycles. The predicted octanol–water partition coefficient (Wildman–Crippen LogP) is 6.13. The summed E-state index contributed by atoms with van der Waals surface area (Å²) in [5, 5.41) is 2.32. The van der Waals surface area contributed by atoms with Gasteiger partial charge in [-0.05, 0) is 41.7 Å². The summed E-state index contributed by atoms with van der Waals surface area (Å²) in [6, 6.07) is 23.9. The van der Waals surface area contributed by atoms with Crippen molar-refractivity contribution in [2.75, 3.05) is 6.61 Å². The zero-order valence-corrected chi connectivity index (χ0v) is 17.8. The maximum Gasteiger partial charge on any atom is 0.216 e. The third-order valence-electron chi connectivity index (χ3n) is 6.48. The van der Waals surface area contributed by atoms with Crippen LogP contribution in [0.15, 0.2) is 77.3 Å². The molecule has 0 unspecified atom stereocenters. The zero-order valence-electron chi connectivity index (χ0n) is 17.8. The van der Waals surface area contributed by atoms with Crippen molar-refractivity contribution in [2.45, 2.75) is 20.0 Å². The maximum atomic E-state index is 6.67. The Bertz CT molecular complexity index is 1460. The number of ether oxygens (including phenoxy) is 1. The van der Waals surface area contributed by atoms with E-state index >= 15 is 0 Å². The Morgan fingerprint density at radius 3 is 2.65 bits per heavy atom. The van der Waals surface area contributed by atoms with Gasteiger partial charge < -0.3 is 9.15 Å². The van der Waals surface area contributed by atoms with Crippen molar-refractivity contribution >= 4 is 21.9 Å². The second-order valence-electron chi connectivity index (χ2n) is 8.40. The molecule has 2 aromatic heterocycles. The lowest BCUT2D eigenvalue weighted by Crippen LogP contribution is -2.30. The minimum atomic E-state index is 0.710. The summed E-state index contributed by atoms with van der Waals surface area (Å²) in [6.45, 7) is 3.66. The fraction of sp³-hybridized carbons (Fsp3) is 0.179. The third kappa shape index (κ3) is 2.88. The van der Waals surface area contributed by atoms with Crippen molar-refractivity contribution in [1.29, 1.82) is 0 Å². The number of hydrogen-bond acceptors (Lipinski definition) is 2. The number of para-hydroxylation sites is 1. The first kappa shape index (κ1) is 18.3. The molecule has 0 radical (unpaired) electrons. The fourth-order valence-corrected chi connectivity index (χ4v) is 4.82. The van der Waals surface area contributed by atoms with Gasteiger partial charge in [-0.25, -0.2) is 4.57 Å². The summed E-state index contributed by atoms with van der Waals surface area (Å²) in [5.41, 5.74) is 10.4. The van der Waals surface area contributed by atoms with Crippen LogP contribution >= 0.6 is 0 Å². The van der Waals surface area contributed by atoms with E-state index in [1.54, 1.807) is 0 Å². The summed E-state index contributed by atoms with van der Waals surface area (Å²) in [5.74, 6) is 0. The number of nitrogens with zero attached hydrogens (tertiary/aromatic N) is 1. The lowest BCUT2D eigenvalue weighted by molar-refractivity contribution is -0.660. The molecule has 1 aliphatic heterocycles. The number of aryl methyl sites for hydroxylation is 2. The predicted molar refractivity (Wildman–Crippen MR) is 124 cm³/mol. The van der Waals surface area contributed by atoms with Gasteiger partial charge in [0.05, 0.1) is 18.8 Å². The summed E-state index contributed by atoms with van der Waals surface area (Å²) in [7, 11) is 2.08. The Labute approximate surface area is 181 Å². The van der Waals surface area contributed by atoms with Gasteiger partial charge in [0.15, 0.2) is 6.20 Å². The summed E-state index contributed by atoms with van der Waals surface area (Å²) < 4.78 is 14.4. The molecule has 0 saturated carbocycles. The second kappa shape index (κ2) is 7.07. The van der Waals surface area contributed by atoms with Crippen molar-refractivity contribution in [3.63, 3.8) is 0 Å². The van der Waals surface area contributed by atoms with Crippen molar-refractivity contribution in [3.05, 3.63) is 89.6 Å². The number of furan rings is 1. The molecule has 0 bridgehead atoms. The number of benzene rings is 3. The average Bonchev–Trinajstić information content (AvgIpc) is 3.18. The highest BCUT2D eigenvalue weighted by atomic mass is 16.5. The number of hydrogen-bond donors (Lipinski definition) is 0. The molecule has 152 valence electrons. The molecule has 5 aromatic rings. The van der Waals surface area contributed by atoms with E-state index in [1.165, 1.54) is 22.3 Å². The normalized spacial score (nSPS) is 13.6. The first-order chi connectivity index (χ1) is 15.2. The van der Waals surface area contributed by atoms with Gasteiger partial charge in [0.25, 0.3) is 0 Å². The Hall–Kier alpha value is -3.43. The molecule has 0 amide bonds. The second-order valence-corrected chi connectivity index (χ2v) is 8.40. The Morgan fingerprint density at radius 1 is 0.839 bits per heavy atom. The Balaban J connectivity index is 1.63. The van der Waals surface area contributed by atoms with Gasteiger partial charge in [-0.2, -0.15) is 0 Å². The largest absolute Gasteiger partial charge is 0.454 e. The van der Waals surface area contributed by atoms with Crippen LogP contribution in [0.2, 0.25) is 0 Å². The van der Waals surface area contributed by atoms with E-state index < -0.39 is 0 Å². The number of fused-ring (bicyclic) bond motifs is 4. The van der Waals surface area contributed by atoms with Crippen LogP contribution in [-0.2, 0) is 24.8 Å². The van der Waals surface area contributed by atoms with Crippen LogP contribution in [0.3, 0.4) is 0 Å². The van der Waals surface area contributed by atoms with E-state index in [9.17, 15) is 0 Å². The van der Waals surface area contributed by atoms with Crippen LogP contribution in [0, 0.1) is 6.92 Å². The topological polar surface area (TPSA) is 26.2 Å². The zero-order chi connectivity index (χ0) is 20.9. The quantitative estimate of drug-likeness (QED) is 0.330. The molecule has 3 heterocycles. The van der Waals surface area contributed by atoms with Crippen LogP contribution in [-0.4, -0.2) is 6.61 Å². The number of rotatable bonds is 2. The van der Waals surface area contributed by atoms with E-state index in [0.717, 1.165) is 51.8 Å². The van der Waals surface area contributed by atoms with Crippen LogP contribution in [0.25, 0.3) is 44.3 Å². The van der Waals surface area contributed by atoms with E-state index in [2.05, 4.69) is 91.5 Å². The van der Waals surface area contributed by atoms with Crippen molar-refractivity contribution in [2.24, 2.45) is 7.05 Å². The monoisotopic (exact) mass is 406 g/mol. The maximum absolute atomic E-state index is 6.67. The SMILES string of the molecule is Cc1ccc2c(oc3c(-c4ccc5c(c4)CCOC5)cccc32)c1-c1cccc[n+]1C. The molecule has 3 heteroatoms. The number of aromatic nitrogens is 1. The average molecular weight is 407 g/mol. The van der Waals surface area contributed by atoms with Crippen molar-refractivity contribution in [1.82, 2.24) is 0 Å². The molecule has 1 aliphatic rings. The Morgan fingerprint density at radius 2 is 1.74 bits per heavy atom. The summed E-state index contributed by atoms with van der Waals surface area (Å²) in [4.78, 5) is 0.